The van der Waals surface area contributed by atoms with E-state index in [0.717, 1.165) is 19.4 Å². The number of nitrogens with one attached hydrogen (secondary N) is 1. The molecule has 7 heteroatoms. The van der Waals surface area contributed by atoms with E-state index < -0.39 is 4.92 Å². The van der Waals surface area contributed by atoms with Gasteiger partial charge in [0.2, 0.25) is 5.82 Å². The fourth-order valence-electron chi connectivity index (χ4n) is 2.08. The summed E-state index contributed by atoms with van der Waals surface area (Å²) in [4.78, 5) is 14.6. The molecule has 1 aliphatic heterocycles. The highest BCUT2D eigenvalue weighted by atomic mass is 16.6. The van der Waals surface area contributed by atoms with E-state index in [9.17, 15) is 10.1 Å². The normalized spacial score (nSPS) is 18.1. The number of aromatic nitrogens is 1. The average Bonchev–Trinajstić information content (AvgIpc) is 2.91. The van der Waals surface area contributed by atoms with Crippen LogP contribution in [0.1, 0.15) is 18.4 Å². The van der Waals surface area contributed by atoms with Crippen molar-refractivity contribution in [2.45, 2.75) is 25.9 Å². The Morgan fingerprint density at radius 3 is 3.20 bits per heavy atom. The highest BCUT2D eigenvalue weighted by molar-refractivity contribution is 5.59. The first-order chi connectivity index (χ1) is 9.68. The largest absolute Gasteiger partial charge is 0.379 e. The first-order valence-corrected chi connectivity index (χ1v) is 6.71. The summed E-state index contributed by atoms with van der Waals surface area (Å²) in [5.74, 6) is 0.319. The van der Waals surface area contributed by atoms with Crippen LogP contribution < -0.4 is 5.32 Å². The second-order valence-electron chi connectivity index (χ2n) is 4.72. The van der Waals surface area contributed by atoms with Gasteiger partial charge in [-0.25, -0.2) is 4.98 Å². The van der Waals surface area contributed by atoms with Crippen LogP contribution >= 0.6 is 0 Å². The van der Waals surface area contributed by atoms with Crippen LogP contribution in [0.25, 0.3) is 0 Å². The van der Waals surface area contributed by atoms with Crippen LogP contribution in [0, 0.1) is 17.0 Å². The maximum Gasteiger partial charge on any atom is 0.314 e. The lowest BCUT2D eigenvalue weighted by Crippen LogP contribution is -2.15. The smallest absolute Gasteiger partial charge is 0.314 e. The topological polar surface area (TPSA) is 86.5 Å². The average molecular weight is 281 g/mol. The second kappa shape index (κ2) is 7.16. The van der Waals surface area contributed by atoms with Gasteiger partial charge in [0.1, 0.15) is 0 Å². The molecule has 1 N–H and O–H groups in total. The highest BCUT2D eigenvalue weighted by Gasteiger charge is 2.18. The summed E-state index contributed by atoms with van der Waals surface area (Å²) >= 11 is 0. The summed E-state index contributed by atoms with van der Waals surface area (Å²) in [5, 5.41) is 14.0. The molecular weight excluding hydrogens is 262 g/mol. The molecule has 1 aromatic heterocycles. The number of hydrogen-bond acceptors (Lipinski definition) is 6. The third-order valence-electron chi connectivity index (χ3n) is 3.16. The maximum absolute atomic E-state index is 11.0. The zero-order valence-electron chi connectivity index (χ0n) is 11.5. The fourth-order valence-corrected chi connectivity index (χ4v) is 2.08. The first kappa shape index (κ1) is 14.7. The molecule has 0 radical (unpaired) electrons. The van der Waals surface area contributed by atoms with E-state index in [1.54, 1.807) is 19.2 Å². The molecule has 0 spiro atoms. The van der Waals surface area contributed by atoms with E-state index in [1.165, 1.54) is 0 Å². The van der Waals surface area contributed by atoms with Gasteiger partial charge in [-0.05, 0) is 25.8 Å². The Morgan fingerprint density at radius 2 is 2.50 bits per heavy atom. The number of nitro groups is 1. The van der Waals surface area contributed by atoms with Crippen molar-refractivity contribution in [1.82, 2.24) is 4.98 Å². The van der Waals surface area contributed by atoms with Gasteiger partial charge < -0.3 is 14.8 Å². The van der Waals surface area contributed by atoms with Crippen LogP contribution in [-0.2, 0) is 9.47 Å². The zero-order valence-corrected chi connectivity index (χ0v) is 11.5. The summed E-state index contributed by atoms with van der Waals surface area (Å²) < 4.78 is 10.8. The quantitative estimate of drug-likeness (QED) is 0.466. The number of pyridine rings is 1. The summed E-state index contributed by atoms with van der Waals surface area (Å²) in [6.07, 6.45) is 3.47. The molecular formula is C13H19N3O4. The lowest BCUT2D eigenvalue weighted by atomic mass is 10.2. The number of aryl methyl sites for hydroxylation is 1. The predicted octanol–water partition coefficient (Wildman–Crippen LogP) is 1.91. The summed E-state index contributed by atoms with van der Waals surface area (Å²) in [7, 11) is 0. The summed E-state index contributed by atoms with van der Waals surface area (Å²) in [6.45, 7) is 4.33. The Kier molecular flexibility index (Phi) is 5.25. The van der Waals surface area contributed by atoms with E-state index in [1.807, 2.05) is 0 Å². The minimum absolute atomic E-state index is 0.0395. The molecule has 2 rings (SSSR count). The monoisotopic (exact) mass is 281 g/mol. The van der Waals surface area contributed by atoms with Gasteiger partial charge in [-0.15, -0.1) is 0 Å². The Hall–Kier alpha value is -1.73. The molecule has 110 valence electrons. The van der Waals surface area contributed by atoms with Crippen molar-refractivity contribution in [3.05, 3.63) is 27.9 Å². The van der Waals surface area contributed by atoms with Crippen molar-refractivity contribution in [2.24, 2.45) is 0 Å². The molecule has 2 heterocycles. The van der Waals surface area contributed by atoms with E-state index in [0.29, 0.717) is 31.1 Å². The van der Waals surface area contributed by atoms with Crippen molar-refractivity contribution in [1.29, 1.82) is 0 Å². The van der Waals surface area contributed by atoms with Gasteiger partial charge in [-0.1, -0.05) is 0 Å². The van der Waals surface area contributed by atoms with Crippen molar-refractivity contribution >= 4 is 11.5 Å². The molecule has 0 aliphatic carbocycles. The lowest BCUT2D eigenvalue weighted by molar-refractivity contribution is -0.384. The molecule has 0 saturated carbocycles. The van der Waals surface area contributed by atoms with Crippen LogP contribution in [0.4, 0.5) is 11.5 Å². The van der Waals surface area contributed by atoms with Crippen molar-refractivity contribution < 1.29 is 14.4 Å². The van der Waals surface area contributed by atoms with Gasteiger partial charge in [0.15, 0.2) is 0 Å². The van der Waals surface area contributed by atoms with Crippen LogP contribution in [0.5, 0.6) is 0 Å². The number of hydrogen-bond donors (Lipinski definition) is 1. The van der Waals surface area contributed by atoms with Gasteiger partial charge >= 0.3 is 5.69 Å². The van der Waals surface area contributed by atoms with Crippen molar-refractivity contribution in [2.75, 3.05) is 31.7 Å². The molecule has 0 amide bonds. The number of ether oxygens (including phenoxy) is 2. The zero-order chi connectivity index (χ0) is 14.4. The Bertz CT molecular complexity index is 461. The number of nitrogens with zero attached hydrogens (tertiary/aromatic N) is 2. The molecule has 1 fully saturated rings. The Morgan fingerprint density at radius 1 is 1.65 bits per heavy atom. The SMILES string of the molecule is Cc1ccnc(NCCCO[C@H]2CCOC2)c1[N+](=O)[O-]. The van der Waals surface area contributed by atoms with Gasteiger partial charge in [0.25, 0.3) is 0 Å². The van der Waals surface area contributed by atoms with E-state index >= 15 is 0 Å². The Balaban J connectivity index is 1.76. The summed E-state index contributed by atoms with van der Waals surface area (Å²) in [5.41, 5.74) is 0.643. The second-order valence-corrected chi connectivity index (χ2v) is 4.72. The van der Waals surface area contributed by atoms with Crippen LogP contribution in [-0.4, -0.2) is 42.4 Å². The van der Waals surface area contributed by atoms with Crippen molar-refractivity contribution in [3.63, 3.8) is 0 Å². The third kappa shape index (κ3) is 3.88. The molecule has 0 aromatic carbocycles. The fraction of sp³-hybridized carbons (Fsp3) is 0.615. The van der Waals surface area contributed by atoms with Crippen molar-refractivity contribution in [3.8, 4) is 0 Å². The van der Waals surface area contributed by atoms with Crippen LogP contribution in [0.3, 0.4) is 0 Å². The molecule has 7 nitrogen and oxygen atoms in total. The lowest BCUT2D eigenvalue weighted by Gasteiger charge is -2.10. The molecule has 20 heavy (non-hydrogen) atoms. The van der Waals surface area contributed by atoms with E-state index in [4.69, 9.17) is 9.47 Å². The predicted molar refractivity (Wildman–Crippen MR) is 73.9 cm³/mol. The third-order valence-corrected chi connectivity index (χ3v) is 3.16. The molecule has 1 aliphatic rings. The number of rotatable bonds is 7. The van der Waals surface area contributed by atoms with E-state index in [-0.39, 0.29) is 11.8 Å². The molecule has 0 bridgehead atoms. The molecule has 1 aromatic rings. The van der Waals surface area contributed by atoms with E-state index in [2.05, 4.69) is 10.3 Å². The minimum atomic E-state index is -0.406. The highest BCUT2D eigenvalue weighted by Crippen LogP contribution is 2.25. The molecule has 1 saturated heterocycles. The van der Waals surface area contributed by atoms with Gasteiger partial charge in [-0.2, -0.15) is 0 Å². The molecule has 1 atom stereocenters. The first-order valence-electron chi connectivity index (χ1n) is 6.71. The van der Waals surface area contributed by atoms with Crippen LogP contribution in [0.15, 0.2) is 12.3 Å². The van der Waals surface area contributed by atoms with Gasteiger partial charge in [0, 0.05) is 31.5 Å². The minimum Gasteiger partial charge on any atom is -0.379 e. The standard InChI is InChI=1S/C13H19N3O4/c1-10-3-6-15-13(12(10)16(17)18)14-5-2-7-20-11-4-8-19-9-11/h3,6,11H,2,4-5,7-9H2,1H3,(H,14,15)/t11-/m0/s1. The van der Waals surface area contributed by atoms with Crippen LogP contribution in [0.2, 0.25) is 0 Å². The maximum atomic E-state index is 11.0. The van der Waals surface area contributed by atoms with Gasteiger partial charge in [0.05, 0.1) is 17.6 Å². The Labute approximate surface area is 117 Å². The van der Waals surface area contributed by atoms with Gasteiger partial charge in [-0.3, -0.25) is 10.1 Å². The summed E-state index contributed by atoms with van der Waals surface area (Å²) in [6, 6.07) is 1.63. The molecule has 0 unspecified atom stereocenters. The number of anilines is 1.